The van der Waals surface area contributed by atoms with Gasteiger partial charge in [-0.3, -0.25) is 0 Å². The van der Waals surface area contributed by atoms with Crippen molar-refractivity contribution >= 4 is 5.69 Å². The summed E-state index contributed by atoms with van der Waals surface area (Å²) < 4.78 is 2.35. The average Bonchev–Trinajstić information content (AvgIpc) is 3.20. The van der Waals surface area contributed by atoms with Crippen LogP contribution in [0.2, 0.25) is 0 Å². The van der Waals surface area contributed by atoms with Crippen molar-refractivity contribution in [3.05, 3.63) is 47.0 Å². The standard InChI is InChI=1S/C19H22N4/c1-22-17-6-3-2-5-16(17)21-19(22)18-7-4-12-23(18)15-10-8-14(13-20)9-11-15/h8-11,18H,2-7,12H2,1H3/t18-/m0/s1. The van der Waals surface area contributed by atoms with E-state index in [1.54, 1.807) is 0 Å². The highest BCUT2D eigenvalue weighted by molar-refractivity contribution is 5.52. The Balaban J connectivity index is 1.68. The first-order chi connectivity index (χ1) is 11.3. The molecule has 0 radical (unpaired) electrons. The van der Waals surface area contributed by atoms with E-state index in [4.69, 9.17) is 10.2 Å². The lowest BCUT2D eigenvalue weighted by Gasteiger charge is -2.26. The Hall–Kier alpha value is -2.28. The maximum atomic E-state index is 8.98. The van der Waals surface area contributed by atoms with E-state index in [1.807, 2.05) is 12.1 Å². The van der Waals surface area contributed by atoms with Crippen LogP contribution in [-0.2, 0) is 19.9 Å². The van der Waals surface area contributed by atoms with Crippen molar-refractivity contribution in [1.82, 2.24) is 9.55 Å². The number of aryl methyl sites for hydroxylation is 1. The van der Waals surface area contributed by atoms with Gasteiger partial charge >= 0.3 is 0 Å². The van der Waals surface area contributed by atoms with Gasteiger partial charge in [-0.2, -0.15) is 5.26 Å². The summed E-state index contributed by atoms with van der Waals surface area (Å²) in [4.78, 5) is 7.46. The molecule has 1 aromatic carbocycles. The minimum Gasteiger partial charge on any atom is -0.361 e. The summed E-state index contributed by atoms with van der Waals surface area (Å²) in [5.41, 5.74) is 4.68. The number of hydrogen-bond acceptors (Lipinski definition) is 3. The molecule has 2 aliphatic rings. The Kier molecular flexibility index (Phi) is 3.57. The fourth-order valence-electron chi connectivity index (χ4n) is 4.08. The molecule has 2 aromatic rings. The third-order valence-corrected chi connectivity index (χ3v) is 5.29. The Morgan fingerprint density at radius 1 is 1.13 bits per heavy atom. The van der Waals surface area contributed by atoms with Crippen LogP contribution in [0.15, 0.2) is 24.3 Å². The summed E-state index contributed by atoms with van der Waals surface area (Å²) in [5.74, 6) is 1.22. The van der Waals surface area contributed by atoms with Gasteiger partial charge in [0.1, 0.15) is 5.82 Å². The van der Waals surface area contributed by atoms with E-state index in [2.05, 4.69) is 34.7 Å². The predicted octanol–water partition coefficient (Wildman–Crippen LogP) is 3.51. The molecule has 1 fully saturated rings. The van der Waals surface area contributed by atoms with Gasteiger partial charge in [-0.05, 0) is 62.8 Å². The number of aromatic nitrogens is 2. The molecule has 23 heavy (non-hydrogen) atoms. The summed E-state index contributed by atoms with van der Waals surface area (Å²) in [5, 5.41) is 8.98. The van der Waals surface area contributed by atoms with Crippen LogP contribution in [-0.4, -0.2) is 16.1 Å². The van der Waals surface area contributed by atoms with Crippen LogP contribution in [0.5, 0.6) is 0 Å². The van der Waals surface area contributed by atoms with Gasteiger partial charge in [-0.1, -0.05) is 0 Å². The highest BCUT2D eigenvalue weighted by atomic mass is 15.2. The minimum atomic E-state index is 0.360. The largest absolute Gasteiger partial charge is 0.361 e. The van der Waals surface area contributed by atoms with Crippen molar-refractivity contribution in [2.75, 3.05) is 11.4 Å². The predicted molar refractivity (Wildman–Crippen MR) is 90.3 cm³/mol. The van der Waals surface area contributed by atoms with E-state index < -0.39 is 0 Å². The van der Waals surface area contributed by atoms with Crippen LogP contribution in [0.3, 0.4) is 0 Å². The second kappa shape index (κ2) is 5.73. The minimum absolute atomic E-state index is 0.360. The lowest BCUT2D eigenvalue weighted by molar-refractivity contribution is 0.609. The summed E-state index contributed by atoms with van der Waals surface area (Å²) in [6, 6.07) is 10.5. The van der Waals surface area contributed by atoms with Gasteiger partial charge in [0.15, 0.2) is 0 Å². The quantitative estimate of drug-likeness (QED) is 0.853. The molecule has 4 heteroatoms. The van der Waals surface area contributed by atoms with Gasteiger partial charge in [0.05, 0.1) is 23.4 Å². The topological polar surface area (TPSA) is 44.9 Å². The summed E-state index contributed by atoms with van der Waals surface area (Å²) in [6.07, 6.45) is 7.21. The van der Waals surface area contributed by atoms with E-state index in [-0.39, 0.29) is 0 Å². The number of rotatable bonds is 2. The SMILES string of the molecule is Cn1c([C@@H]2CCCN2c2ccc(C#N)cc2)nc2c1CCCC2. The van der Waals surface area contributed by atoms with Gasteiger partial charge in [-0.15, -0.1) is 0 Å². The van der Waals surface area contributed by atoms with Crippen molar-refractivity contribution in [3.63, 3.8) is 0 Å². The third kappa shape index (κ3) is 2.41. The number of fused-ring (bicyclic) bond motifs is 1. The van der Waals surface area contributed by atoms with Crippen LogP contribution in [0.25, 0.3) is 0 Å². The van der Waals surface area contributed by atoms with Gasteiger partial charge in [-0.25, -0.2) is 4.98 Å². The normalized spacial score (nSPS) is 20.3. The average molecular weight is 306 g/mol. The van der Waals surface area contributed by atoms with Crippen molar-refractivity contribution in [3.8, 4) is 6.07 Å². The van der Waals surface area contributed by atoms with Gasteiger partial charge in [0.25, 0.3) is 0 Å². The van der Waals surface area contributed by atoms with E-state index >= 15 is 0 Å². The highest BCUT2D eigenvalue weighted by Crippen LogP contribution is 2.37. The van der Waals surface area contributed by atoms with E-state index in [1.165, 1.54) is 48.6 Å². The molecule has 1 aliphatic heterocycles. The Labute approximate surface area is 137 Å². The molecule has 0 spiro atoms. The van der Waals surface area contributed by atoms with Crippen molar-refractivity contribution in [1.29, 1.82) is 5.26 Å². The molecule has 0 amide bonds. The number of nitriles is 1. The van der Waals surface area contributed by atoms with Crippen molar-refractivity contribution in [2.45, 2.75) is 44.6 Å². The van der Waals surface area contributed by atoms with Gasteiger partial charge < -0.3 is 9.47 Å². The second-order valence-electron chi connectivity index (χ2n) is 6.64. The van der Waals surface area contributed by atoms with Gasteiger partial charge in [0.2, 0.25) is 0 Å². The lowest BCUT2D eigenvalue weighted by atomic mass is 10.0. The van der Waals surface area contributed by atoms with Crippen LogP contribution in [0.1, 0.15) is 54.5 Å². The van der Waals surface area contributed by atoms with Crippen LogP contribution < -0.4 is 4.90 Å². The molecule has 1 atom stereocenters. The second-order valence-corrected chi connectivity index (χ2v) is 6.64. The third-order valence-electron chi connectivity index (χ3n) is 5.29. The van der Waals surface area contributed by atoms with Crippen molar-refractivity contribution < 1.29 is 0 Å². The highest BCUT2D eigenvalue weighted by Gasteiger charge is 2.31. The summed E-state index contributed by atoms with van der Waals surface area (Å²) in [6.45, 7) is 1.06. The molecule has 1 saturated heterocycles. The lowest BCUT2D eigenvalue weighted by Crippen LogP contribution is -2.25. The van der Waals surface area contributed by atoms with E-state index in [0.717, 1.165) is 24.9 Å². The first-order valence-corrected chi connectivity index (χ1v) is 8.59. The zero-order valence-corrected chi connectivity index (χ0v) is 13.6. The monoisotopic (exact) mass is 306 g/mol. The van der Waals surface area contributed by atoms with E-state index in [9.17, 15) is 0 Å². The number of nitrogens with zero attached hydrogens (tertiary/aromatic N) is 4. The fourth-order valence-corrected chi connectivity index (χ4v) is 4.08. The zero-order valence-electron chi connectivity index (χ0n) is 13.6. The summed E-state index contributed by atoms with van der Waals surface area (Å²) in [7, 11) is 2.18. The zero-order chi connectivity index (χ0) is 15.8. The molecular weight excluding hydrogens is 284 g/mol. The maximum absolute atomic E-state index is 8.98. The molecule has 4 nitrogen and oxygen atoms in total. The molecule has 0 N–H and O–H groups in total. The Morgan fingerprint density at radius 2 is 1.91 bits per heavy atom. The Morgan fingerprint density at radius 3 is 2.65 bits per heavy atom. The first-order valence-electron chi connectivity index (χ1n) is 8.59. The first kappa shape index (κ1) is 14.3. The van der Waals surface area contributed by atoms with Crippen LogP contribution in [0, 0.1) is 11.3 Å². The number of benzene rings is 1. The fraction of sp³-hybridized carbons (Fsp3) is 0.474. The molecule has 118 valence electrons. The molecule has 1 aromatic heterocycles. The van der Waals surface area contributed by atoms with Gasteiger partial charge in [0, 0.05) is 25.0 Å². The molecule has 4 rings (SSSR count). The van der Waals surface area contributed by atoms with Crippen LogP contribution in [0.4, 0.5) is 5.69 Å². The number of imidazole rings is 1. The summed E-state index contributed by atoms with van der Waals surface area (Å²) >= 11 is 0. The Bertz CT molecular complexity index is 751. The maximum Gasteiger partial charge on any atom is 0.131 e. The number of anilines is 1. The van der Waals surface area contributed by atoms with Crippen LogP contribution >= 0.6 is 0 Å². The molecule has 1 aliphatic carbocycles. The van der Waals surface area contributed by atoms with E-state index in [0.29, 0.717) is 6.04 Å². The molecule has 2 heterocycles. The molecule has 0 bridgehead atoms. The number of hydrogen-bond donors (Lipinski definition) is 0. The molecule has 0 unspecified atom stereocenters. The van der Waals surface area contributed by atoms with Crippen molar-refractivity contribution in [2.24, 2.45) is 7.05 Å². The molecular formula is C19H22N4. The smallest absolute Gasteiger partial charge is 0.131 e. The molecule has 0 saturated carbocycles.